The van der Waals surface area contributed by atoms with E-state index in [4.69, 9.17) is 23.2 Å². The average Bonchev–Trinajstić information content (AvgIpc) is 3.23. The topological polar surface area (TPSA) is 45.2 Å². The van der Waals surface area contributed by atoms with E-state index in [1.165, 1.54) is 17.7 Å². The van der Waals surface area contributed by atoms with Crippen LogP contribution >= 0.6 is 34.5 Å². The zero-order chi connectivity index (χ0) is 16.2. The molecule has 7 heteroatoms. The Morgan fingerprint density at radius 1 is 1.30 bits per heavy atom. The van der Waals surface area contributed by atoms with Crippen LogP contribution in [0.2, 0.25) is 10.2 Å². The summed E-state index contributed by atoms with van der Waals surface area (Å²) in [6.07, 6.45) is 2.41. The fraction of sp³-hybridized carbons (Fsp3) is 0.375. The molecule has 1 aliphatic heterocycles. The maximum Gasteiger partial charge on any atom is 0.271 e. The van der Waals surface area contributed by atoms with Crippen LogP contribution in [0.3, 0.4) is 0 Å². The SMILES string of the molecule is O=C(NCC(c1cccs1)N1CCCC1)c1nc(Cl)ccc1Cl. The second kappa shape index (κ2) is 7.62. The highest BCUT2D eigenvalue weighted by molar-refractivity contribution is 7.10. The quantitative estimate of drug-likeness (QED) is 0.809. The van der Waals surface area contributed by atoms with Gasteiger partial charge in [-0.15, -0.1) is 11.3 Å². The van der Waals surface area contributed by atoms with Gasteiger partial charge in [-0.3, -0.25) is 9.69 Å². The molecule has 1 saturated heterocycles. The summed E-state index contributed by atoms with van der Waals surface area (Å²) in [6, 6.07) is 7.51. The first-order chi connectivity index (χ1) is 11.1. The van der Waals surface area contributed by atoms with E-state index >= 15 is 0 Å². The zero-order valence-corrected chi connectivity index (χ0v) is 14.8. The van der Waals surface area contributed by atoms with Crippen molar-refractivity contribution >= 4 is 40.4 Å². The van der Waals surface area contributed by atoms with E-state index in [2.05, 4.69) is 26.6 Å². The number of hydrogen-bond acceptors (Lipinski definition) is 4. The van der Waals surface area contributed by atoms with E-state index in [0.717, 1.165) is 13.1 Å². The lowest BCUT2D eigenvalue weighted by atomic mass is 10.2. The highest BCUT2D eigenvalue weighted by Gasteiger charge is 2.25. The van der Waals surface area contributed by atoms with E-state index in [0.29, 0.717) is 11.6 Å². The van der Waals surface area contributed by atoms with Crippen molar-refractivity contribution in [2.45, 2.75) is 18.9 Å². The number of aromatic nitrogens is 1. The summed E-state index contributed by atoms with van der Waals surface area (Å²) < 4.78 is 0. The van der Waals surface area contributed by atoms with Gasteiger partial charge < -0.3 is 5.32 Å². The summed E-state index contributed by atoms with van der Waals surface area (Å²) in [5, 5.41) is 5.58. The van der Waals surface area contributed by atoms with Gasteiger partial charge in [0.25, 0.3) is 5.91 Å². The first-order valence-electron chi connectivity index (χ1n) is 7.53. The summed E-state index contributed by atoms with van der Waals surface area (Å²) >= 11 is 13.6. The third-order valence-corrected chi connectivity index (χ3v) is 5.43. The third-order valence-electron chi connectivity index (χ3n) is 3.94. The number of nitrogens with zero attached hydrogens (tertiary/aromatic N) is 2. The Hall–Kier alpha value is -1.14. The fourth-order valence-corrected chi connectivity index (χ4v) is 3.99. The lowest BCUT2D eigenvalue weighted by molar-refractivity contribution is 0.0933. The van der Waals surface area contributed by atoms with Crippen molar-refractivity contribution in [3.8, 4) is 0 Å². The molecule has 4 nitrogen and oxygen atoms in total. The Kier molecular flexibility index (Phi) is 5.54. The van der Waals surface area contributed by atoms with Gasteiger partial charge in [-0.25, -0.2) is 4.98 Å². The molecule has 0 spiro atoms. The molecule has 3 rings (SSSR count). The number of likely N-dealkylation sites (tertiary alicyclic amines) is 1. The van der Waals surface area contributed by atoms with Crippen molar-refractivity contribution in [3.63, 3.8) is 0 Å². The minimum Gasteiger partial charge on any atom is -0.349 e. The summed E-state index contributed by atoms with van der Waals surface area (Å²) in [7, 11) is 0. The maximum absolute atomic E-state index is 12.4. The third kappa shape index (κ3) is 4.04. The number of pyridine rings is 1. The molecule has 3 heterocycles. The van der Waals surface area contributed by atoms with Gasteiger partial charge >= 0.3 is 0 Å². The fourth-order valence-electron chi connectivity index (χ4n) is 2.79. The number of rotatable bonds is 5. The van der Waals surface area contributed by atoms with Crippen molar-refractivity contribution in [1.29, 1.82) is 0 Å². The Labute approximate surface area is 149 Å². The minimum atomic E-state index is -0.293. The smallest absolute Gasteiger partial charge is 0.271 e. The van der Waals surface area contributed by atoms with Crippen molar-refractivity contribution in [2.75, 3.05) is 19.6 Å². The predicted molar refractivity (Wildman–Crippen MR) is 94.5 cm³/mol. The number of halogens is 2. The van der Waals surface area contributed by atoms with Gasteiger partial charge in [-0.2, -0.15) is 0 Å². The largest absolute Gasteiger partial charge is 0.349 e. The second-order valence-electron chi connectivity index (χ2n) is 5.45. The first-order valence-corrected chi connectivity index (χ1v) is 9.16. The molecule has 1 N–H and O–H groups in total. The molecule has 0 aromatic carbocycles. The van der Waals surface area contributed by atoms with E-state index in [1.54, 1.807) is 23.5 Å². The molecule has 1 unspecified atom stereocenters. The number of carbonyl (C=O) groups is 1. The van der Waals surface area contributed by atoms with Crippen molar-refractivity contribution in [1.82, 2.24) is 15.2 Å². The molecule has 0 aliphatic carbocycles. The Bertz CT molecular complexity index is 672. The molecule has 23 heavy (non-hydrogen) atoms. The monoisotopic (exact) mass is 369 g/mol. The molecular formula is C16H17Cl2N3OS. The molecule has 1 atom stereocenters. The molecule has 1 aliphatic rings. The lowest BCUT2D eigenvalue weighted by Crippen LogP contribution is -2.36. The van der Waals surface area contributed by atoms with Crippen LogP contribution < -0.4 is 5.32 Å². The molecule has 1 fully saturated rings. The Balaban J connectivity index is 1.71. The van der Waals surface area contributed by atoms with Gasteiger partial charge in [0.2, 0.25) is 0 Å². The zero-order valence-electron chi connectivity index (χ0n) is 12.5. The summed E-state index contributed by atoms with van der Waals surface area (Å²) in [6.45, 7) is 2.66. The van der Waals surface area contributed by atoms with Gasteiger partial charge in [0.05, 0.1) is 11.1 Å². The van der Waals surface area contributed by atoms with Crippen molar-refractivity contribution < 1.29 is 4.79 Å². The average molecular weight is 370 g/mol. The normalized spacial score (nSPS) is 16.4. The molecule has 2 aromatic rings. The standard InChI is InChI=1S/C16H17Cl2N3OS/c17-11-5-6-14(18)20-15(11)16(22)19-10-12(13-4-3-9-23-13)21-7-1-2-8-21/h3-6,9,12H,1-2,7-8,10H2,(H,19,22). The molecule has 1 amide bonds. The molecule has 0 bridgehead atoms. The second-order valence-corrected chi connectivity index (χ2v) is 7.22. The van der Waals surface area contributed by atoms with Gasteiger partial charge in [-0.1, -0.05) is 29.3 Å². The van der Waals surface area contributed by atoms with Crippen LogP contribution in [0, 0.1) is 0 Å². The lowest BCUT2D eigenvalue weighted by Gasteiger charge is -2.26. The van der Waals surface area contributed by atoms with Crippen LogP contribution in [0.25, 0.3) is 0 Å². The molecule has 0 radical (unpaired) electrons. The first kappa shape index (κ1) is 16.7. The number of amides is 1. The van der Waals surface area contributed by atoms with E-state index in [9.17, 15) is 4.79 Å². The van der Waals surface area contributed by atoms with Crippen LogP contribution in [0.4, 0.5) is 0 Å². The van der Waals surface area contributed by atoms with Gasteiger partial charge in [0.15, 0.2) is 0 Å². The Morgan fingerprint density at radius 2 is 2.09 bits per heavy atom. The van der Waals surface area contributed by atoms with E-state index in [1.807, 2.05) is 6.07 Å². The van der Waals surface area contributed by atoms with Crippen molar-refractivity contribution in [3.05, 3.63) is 50.4 Å². The molecule has 122 valence electrons. The summed E-state index contributed by atoms with van der Waals surface area (Å²) in [5.41, 5.74) is 0.172. The number of nitrogens with one attached hydrogen (secondary N) is 1. The predicted octanol–water partition coefficient (Wildman–Crippen LogP) is 4.02. The number of thiophene rings is 1. The van der Waals surface area contributed by atoms with Gasteiger partial charge in [-0.05, 0) is 49.5 Å². The van der Waals surface area contributed by atoms with Gasteiger partial charge in [0, 0.05) is 11.4 Å². The minimum absolute atomic E-state index is 0.172. The molecule has 2 aromatic heterocycles. The number of carbonyl (C=O) groups excluding carboxylic acids is 1. The van der Waals surface area contributed by atoms with Crippen LogP contribution in [0.15, 0.2) is 29.6 Å². The van der Waals surface area contributed by atoms with Crippen LogP contribution in [0.5, 0.6) is 0 Å². The highest BCUT2D eigenvalue weighted by Crippen LogP contribution is 2.28. The van der Waals surface area contributed by atoms with Crippen molar-refractivity contribution in [2.24, 2.45) is 0 Å². The van der Waals surface area contributed by atoms with E-state index in [-0.39, 0.29) is 22.8 Å². The Morgan fingerprint density at radius 3 is 2.78 bits per heavy atom. The highest BCUT2D eigenvalue weighted by atomic mass is 35.5. The summed E-state index contributed by atoms with van der Waals surface area (Å²) in [4.78, 5) is 20.1. The molecule has 0 saturated carbocycles. The van der Waals surface area contributed by atoms with Gasteiger partial charge in [0.1, 0.15) is 10.8 Å². The van der Waals surface area contributed by atoms with Crippen LogP contribution in [0.1, 0.15) is 34.2 Å². The summed E-state index contributed by atoms with van der Waals surface area (Å²) in [5.74, 6) is -0.293. The number of hydrogen-bond donors (Lipinski definition) is 1. The molecular weight excluding hydrogens is 353 g/mol. The van der Waals surface area contributed by atoms with Crippen LogP contribution in [-0.2, 0) is 0 Å². The van der Waals surface area contributed by atoms with E-state index < -0.39 is 0 Å². The van der Waals surface area contributed by atoms with Crippen LogP contribution in [-0.4, -0.2) is 35.4 Å². The maximum atomic E-state index is 12.4.